The molecule has 0 aromatic carbocycles. The molecule has 1 aliphatic heterocycles. The SMILES string of the molecule is N#CC1(n2cccn2)CCNCC1.O=C(O)C(F)(F)F. The number of carboxylic acids is 1. The van der Waals surface area contributed by atoms with Gasteiger partial charge in [0, 0.05) is 12.4 Å². The van der Waals surface area contributed by atoms with E-state index in [1.807, 2.05) is 12.3 Å². The topological polar surface area (TPSA) is 90.9 Å². The lowest BCUT2D eigenvalue weighted by molar-refractivity contribution is -0.192. The molecule has 20 heavy (non-hydrogen) atoms. The molecular weight excluding hydrogens is 277 g/mol. The molecule has 1 aromatic rings. The molecule has 2 heterocycles. The lowest BCUT2D eigenvalue weighted by Crippen LogP contribution is -2.43. The summed E-state index contributed by atoms with van der Waals surface area (Å²) in [6.07, 6.45) is 0.187. The fraction of sp³-hybridized carbons (Fsp3) is 0.545. The quantitative estimate of drug-likeness (QED) is 0.808. The van der Waals surface area contributed by atoms with E-state index in [-0.39, 0.29) is 0 Å². The third kappa shape index (κ3) is 3.96. The molecule has 0 amide bonds. The van der Waals surface area contributed by atoms with Crippen LogP contribution in [-0.2, 0) is 10.3 Å². The van der Waals surface area contributed by atoms with Crippen LogP contribution in [0.1, 0.15) is 12.8 Å². The lowest BCUT2D eigenvalue weighted by atomic mass is 9.90. The van der Waals surface area contributed by atoms with Gasteiger partial charge in [0.25, 0.3) is 0 Å². The molecule has 1 aromatic heterocycles. The molecule has 2 N–H and O–H groups in total. The van der Waals surface area contributed by atoms with Gasteiger partial charge in [-0.3, -0.25) is 4.68 Å². The first-order chi connectivity index (χ1) is 9.32. The second kappa shape index (κ2) is 6.38. The Hall–Kier alpha value is -2.08. The highest BCUT2D eigenvalue weighted by molar-refractivity contribution is 5.73. The Balaban J connectivity index is 0.000000246. The molecule has 0 saturated carbocycles. The molecule has 0 bridgehead atoms. The monoisotopic (exact) mass is 290 g/mol. The number of hydrogen-bond donors (Lipinski definition) is 2. The van der Waals surface area contributed by atoms with E-state index in [2.05, 4.69) is 16.5 Å². The van der Waals surface area contributed by atoms with Gasteiger partial charge < -0.3 is 10.4 Å². The molecule has 1 fully saturated rings. The van der Waals surface area contributed by atoms with E-state index in [0.717, 1.165) is 25.9 Å². The first kappa shape index (κ1) is 16.0. The van der Waals surface area contributed by atoms with Gasteiger partial charge in [0.15, 0.2) is 5.54 Å². The average molecular weight is 290 g/mol. The molecule has 0 unspecified atom stereocenters. The first-order valence-electron chi connectivity index (χ1n) is 5.74. The molecule has 6 nitrogen and oxygen atoms in total. The van der Waals surface area contributed by atoms with Gasteiger partial charge in [0.05, 0.1) is 6.07 Å². The number of alkyl halides is 3. The van der Waals surface area contributed by atoms with Gasteiger partial charge in [-0.25, -0.2) is 4.79 Å². The number of aromatic nitrogens is 2. The first-order valence-corrected chi connectivity index (χ1v) is 5.74. The van der Waals surface area contributed by atoms with E-state index in [0.29, 0.717) is 0 Å². The van der Waals surface area contributed by atoms with E-state index in [9.17, 15) is 18.4 Å². The fourth-order valence-corrected chi connectivity index (χ4v) is 1.75. The largest absolute Gasteiger partial charge is 0.490 e. The maximum absolute atomic E-state index is 10.6. The number of nitrogens with zero attached hydrogens (tertiary/aromatic N) is 3. The van der Waals surface area contributed by atoms with Gasteiger partial charge in [0.2, 0.25) is 0 Å². The van der Waals surface area contributed by atoms with Gasteiger partial charge in [-0.15, -0.1) is 0 Å². The Morgan fingerprint density at radius 3 is 2.35 bits per heavy atom. The fourth-order valence-electron chi connectivity index (χ4n) is 1.75. The highest BCUT2D eigenvalue weighted by Gasteiger charge is 2.38. The standard InChI is InChI=1S/C9H12N4.C2HF3O2/c10-8-9(2-5-11-6-3-9)13-7-1-4-12-13;3-2(4,5)1(6)7/h1,4,7,11H,2-3,5-6H2;(H,6,7). The minimum Gasteiger partial charge on any atom is -0.475 e. The van der Waals surface area contributed by atoms with Crippen LogP contribution in [0.2, 0.25) is 0 Å². The summed E-state index contributed by atoms with van der Waals surface area (Å²) < 4.78 is 33.5. The van der Waals surface area contributed by atoms with Crippen molar-refractivity contribution >= 4 is 5.97 Å². The van der Waals surface area contributed by atoms with Crippen molar-refractivity contribution in [1.82, 2.24) is 15.1 Å². The maximum atomic E-state index is 10.6. The minimum absolute atomic E-state index is 0.408. The Bertz CT molecular complexity index is 473. The van der Waals surface area contributed by atoms with Gasteiger partial charge >= 0.3 is 12.1 Å². The molecule has 0 radical (unpaired) electrons. The number of hydrogen-bond acceptors (Lipinski definition) is 4. The smallest absolute Gasteiger partial charge is 0.475 e. The van der Waals surface area contributed by atoms with E-state index in [1.165, 1.54) is 0 Å². The van der Waals surface area contributed by atoms with Crippen molar-refractivity contribution in [3.05, 3.63) is 18.5 Å². The van der Waals surface area contributed by atoms with E-state index < -0.39 is 17.7 Å². The Labute approximate surface area is 112 Å². The van der Waals surface area contributed by atoms with Gasteiger partial charge in [0.1, 0.15) is 0 Å². The normalized spacial score (nSPS) is 17.5. The third-order valence-corrected chi connectivity index (χ3v) is 2.82. The van der Waals surface area contributed by atoms with Gasteiger partial charge in [-0.05, 0) is 32.0 Å². The molecule has 0 aliphatic carbocycles. The molecule has 2 rings (SSSR count). The van der Waals surface area contributed by atoms with Crippen LogP contribution in [0.15, 0.2) is 18.5 Å². The van der Waals surface area contributed by atoms with Crippen molar-refractivity contribution in [3.8, 4) is 6.07 Å². The van der Waals surface area contributed by atoms with Crippen LogP contribution in [0.4, 0.5) is 13.2 Å². The summed E-state index contributed by atoms with van der Waals surface area (Å²) in [6.45, 7) is 1.79. The number of halogens is 3. The van der Waals surface area contributed by atoms with Crippen LogP contribution in [-0.4, -0.2) is 40.1 Å². The number of piperidine rings is 1. The number of carbonyl (C=O) groups is 1. The van der Waals surface area contributed by atoms with E-state index in [4.69, 9.17) is 9.90 Å². The predicted octanol–water partition coefficient (Wildman–Crippen LogP) is 1.12. The van der Waals surface area contributed by atoms with E-state index in [1.54, 1.807) is 10.9 Å². The highest BCUT2D eigenvalue weighted by atomic mass is 19.4. The van der Waals surface area contributed by atoms with Crippen LogP contribution in [0.3, 0.4) is 0 Å². The summed E-state index contributed by atoms with van der Waals surface area (Å²) >= 11 is 0. The van der Waals surface area contributed by atoms with Crippen LogP contribution >= 0.6 is 0 Å². The van der Waals surface area contributed by atoms with Crippen molar-refractivity contribution in [2.24, 2.45) is 0 Å². The van der Waals surface area contributed by atoms with E-state index >= 15 is 0 Å². The predicted molar refractivity (Wildman–Crippen MR) is 61.6 cm³/mol. The van der Waals surface area contributed by atoms with Crippen LogP contribution in [0.5, 0.6) is 0 Å². The summed E-state index contributed by atoms with van der Waals surface area (Å²) in [4.78, 5) is 8.90. The zero-order chi connectivity index (χ0) is 15.2. The van der Waals surface area contributed by atoms with Gasteiger partial charge in [-0.1, -0.05) is 0 Å². The number of nitriles is 1. The summed E-state index contributed by atoms with van der Waals surface area (Å²) in [5.74, 6) is -2.76. The van der Waals surface area contributed by atoms with Gasteiger partial charge in [-0.2, -0.15) is 23.5 Å². The summed E-state index contributed by atoms with van der Waals surface area (Å²) in [6, 6.07) is 4.24. The number of rotatable bonds is 1. The molecule has 0 atom stereocenters. The zero-order valence-corrected chi connectivity index (χ0v) is 10.4. The third-order valence-electron chi connectivity index (χ3n) is 2.82. The molecular formula is C11H13F3N4O2. The van der Waals surface area contributed by atoms with Crippen molar-refractivity contribution in [2.75, 3.05) is 13.1 Å². The van der Waals surface area contributed by atoms with Crippen molar-refractivity contribution in [1.29, 1.82) is 5.26 Å². The average Bonchev–Trinajstić information content (AvgIpc) is 2.93. The Morgan fingerprint density at radius 2 is 2.00 bits per heavy atom. The van der Waals surface area contributed by atoms with Crippen molar-refractivity contribution in [2.45, 2.75) is 24.6 Å². The minimum atomic E-state index is -5.08. The number of aliphatic carboxylic acids is 1. The Kier molecular flexibility index (Phi) is 5.10. The van der Waals surface area contributed by atoms with Crippen LogP contribution in [0, 0.1) is 11.3 Å². The molecule has 1 saturated heterocycles. The van der Waals surface area contributed by atoms with Crippen molar-refractivity contribution in [3.63, 3.8) is 0 Å². The summed E-state index contributed by atoms with van der Waals surface area (Å²) in [5.41, 5.74) is -0.408. The molecule has 0 spiro atoms. The summed E-state index contributed by atoms with van der Waals surface area (Å²) in [7, 11) is 0. The van der Waals surface area contributed by atoms with Crippen molar-refractivity contribution < 1.29 is 23.1 Å². The number of carboxylic acid groups (broad SMARTS) is 1. The second-order valence-corrected chi connectivity index (χ2v) is 4.15. The highest BCUT2D eigenvalue weighted by Crippen LogP contribution is 2.25. The molecule has 1 aliphatic rings. The molecule has 110 valence electrons. The Morgan fingerprint density at radius 1 is 1.45 bits per heavy atom. The number of nitrogens with one attached hydrogen (secondary N) is 1. The van der Waals surface area contributed by atoms with Crippen LogP contribution < -0.4 is 5.32 Å². The van der Waals surface area contributed by atoms with Crippen LogP contribution in [0.25, 0.3) is 0 Å². The second-order valence-electron chi connectivity index (χ2n) is 4.15. The summed E-state index contributed by atoms with van der Waals surface area (Å²) in [5, 5.41) is 23.7. The maximum Gasteiger partial charge on any atom is 0.490 e. The molecule has 9 heteroatoms. The lowest BCUT2D eigenvalue weighted by Gasteiger charge is -2.31. The zero-order valence-electron chi connectivity index (χ0n) is 10.4.